The van der Waals surface area contributed by atoms with E-state index in [1.165, 1.54) is 0 Å². The molecule has 2 saturated heterocycles. The molecule has 1 aromatic heterocycles. The van der Waals surface area contributed by atoms with Gasteiger partial charge in [-0.2, -0.15) is 0 Å². The van der Waals surface area contributed by atoms with Crippen molar-refractivity contribution >= 4 is 0 Å². The molecule has 34 heavy (non-hydrogen) atoms. The summed E-state index contributed by atoms with van der Waals surface area (Å²) in [7, 11) is 0. The Balaban J connectivity index is 1.61. The zero-order valence-electron chi connectivity index (χ0n) is 19.7. The van der Waals surface area contributed by atoms with Crippen molar-refractivity contribution in [2.75, 3.05) is 19.8 Å². The molecule has 2 aromatic rings. The molecule has 6 atom stereocenters. The predicted octanol–water partition coefficient (Wildman–Crippen LogP) is 0.710. The molecular formula is C24H34N2O8. The summed E-state index contributed by atoms with van der Waals surface area (Å²) in [5.41, 5.74) is 2.72. The van der Waals surface area contributed by atoms with Gasteiger partial charge in [0.15, 0.2) is 0 Å². The Bertz CT molecular complexity index is 939. The van der Waals surface area contributed by atoms with Gasteiger partial charge in [-0.1, -0.05) is 12.1 Å². The smallest absolute Gasteiger partial charge is 0.239 e. The van der Waals surface area contributed by atoms with Crippen molar-refractivity contribution in [2.24, 2.45) is 0 Å². The van der Waals surface area contributed by atoms with Crippen molar-refractivity contribution in [1.82, 2.24) is 9.78 Å². The van der Waals surface area contributed by atoms with E-state index in [1.54, 1.807) is 0 Å². The minimum absolute atomic E-state index is 0.0627. The molecule has 3 heterocycles. The number of benzene rings is 1. The quantitative estimate of drug-likeness (QED) is 0.432. The monoisotopic (exact) mass is 478 g/mol. The van der Waals surface area contributed by atoms with Crippen molar-refractivity contribution in [1.29, 1.82) is 0 Å². The molecule has 0 saturated carbocycles. The lowest BCUT2D eigenvalue weighted by atomic mass is 9.99. The van der Waals surface area contributed by atoms with Crippen LogP contribution in [0.25, 0.3) is 0 Å². The average molecular weight is 479 g/mol. The van der Waals surface area contributed by atoms with Gasteiger partial charge in [0.05, 0.1) is 25.4 Å². The van der Waals surface area contributed by atoms with Gasteiger partial charge in [-0.15, -0.1) is 5.10 Å². The number of hydrogen-bond acceptors (Lipinski definition) is 9. The normalized spacial score (nSPS) is 29.5. The predicted molar refractivity (Wildman–Crippen MR) is 121 cm³/mol. The van der Waals surface area contributed by atoms with E-state index in [-0.39, 0.29) is 18.0 Å². The summed E-state index contributed by atoms with van der Waals surface area (Å²) in [5, 5.41) is 44.8. The Morgan fingerprint density at radius 2 is 1.85 bits per heavy atom. The van der Waals surface area contributed by atoms with Crippen molar-refractivity contribution in [2.45, 2.75) is 76.5 Å². The number of rotatable bonds is 8. The molecule has 0 bridgehead atoms. The van der Waals surface area contributed by atoms with E-state index in [9.17, 15) is 20.4 Å². The summed E-state index contributed by atoms with van der Waals surface area (Å²) >= 11 is 0. The lowest BCUT2D eigenvalue weighted by Gasteiger charge is -2.39. The van der Waals surface area contributed by atoms with Gasteiger partial charge in [-0.05, 0) is 44.9 Å². The maximum atomic E-state index is 10.4. The van der Waals surface area contributed by atoms with Gasteiger partial charge < -0.3 is 39.4 Å². The van der Waals surface area contributed by atoms with Crippen LogP contribution in [0.4, 0.5) is 0 Å². The van der Waals surface area contributed by atoms with Crippen LogP contribution < -0.4 is 9.47 Å². The summed E-state index contributed by atoms with van der Waals surface area (Å²) < 4.78 is 24.6. The SMILES string of the molecule is Cc1c(Cc2ccc(OC(C)C)cc2)c(O[C@@H]2O[C@H](CO)[C@@H](O)[C@H](O)[C@H]2O)nn1C1CCOC1. The van der Waals surface area contributed by atoms with Crippen LogP contribution in [0.15, 0.2) is 24.3 Å². The van der Waals surface area contributed by atoms with E-state index in [0.29, 0.717) is 19.6 Å². The van der Waals surface area contributed by atoms with E-state index in [1.807, 2.05) is 49.7 Å². The fourth-order valence-corrected chi connectivity index (χ4v) is 4.33. The Morgan fingerprint density at radius 3 is 2.47 bits per heavy atom. The molecule has 188 valence electrons. The van der Waals surface area contributed by atoms with Gasteiger partial charge >= 0.3 is 0 Å². The van der Waals surface area contributed by atoms with Crippen molar-refractivity contribution in [3.63, 3.8) is 0 Å². The summed E-state index contributed by atoms with van der Waals surface area (Å²) in [6, 6.07) is 7.85. The van der Waals surface area contributed by atoms with Crippen LogP contribution in [0, 0.1) is 6.92 Å². The van der Waals surface area contributed by atoms with Crippen LogP contribution in [-0.2, 0) is 15.9 Å². The molecule has 1 aromatic carbocycles. The minimum Gasteiger partial charge on any atom is -0.491 e. The summed E-state index contributed by atoms with van der Waals surface area (Å²) in [4.78, 5) is 0. The molecule has 0 aliphatic carbocycles. The average Bonchev–Trinajstić information content (AvgIpc) is 3.44. The first kappa shape index (κ1) is 24.9. The van der Waals surface area contributed by atoms with Crippen molar-refractivity contribution in [3.05, 3.63) is 41.1 Å². The maximum Gasteiger partial charge on any atom is 0.239 e. The molecular weight excluding hydrogens is 444 g/mol. The highest BCUT2D eigenvalue weighted by molar-refractivity contribution is 5.38. The highest BCUT2D eigenvalue weighted by Crippen LogP contribution is 2.32. The summed E-state index contributed by atoms with van der Waals surface area (Å²) in [6.45, 7) is 6.57. The second kappa shape index (κ2) is 10.6. The molecule has 2 aliphatic rings. The fraction of sp³-hybridized carbons (Fsp3) is 0.625. The first-order chi connectivity index (χ1) is 16.3. The van der Waals surface area contributed by atoms with Crippen LogP contribution >= 0.6 is 0 Å². The van der Waals surface area contributed by atoms with Gasteiger partial charge in [0.25, 0.3) is 0 Å². The second-order valence-electron chi connectivity index (χ2n) is 9.13. The number of nitrogens with zero attached hydrogens (tertiary/aromatic N) is 2. The maximum absolute atomic E-state index is 10.4. The van der Waals surface area contributed by atoms with Crippen LogP contribution in [0.3, 0.4) is 0 Å². The lowest BCUT2D eigenvalue weighted by molar-refractivity contribution is -0.278. The zero-order chi connectivity index (χ0) is 24.4. The Kier molecular flexibility index (Phi) is 7.76. The van der Waals surface area contributed by atoms with E-state index < -0.39 is 37.3 Å². The standard InChI is InChI=1S/C24H34N2O8/c1-13(2)32-17-6-4-15(5-7-17)10-18-14(3)26(16-8-9-31-12-16)25-23(18)34-24-22(30)21(29)20(28)19(11-27)33-24/h4-7,13,16,19-22,24,27-30H,8-12H2,1-3H3/t16?,19-,20-,21+,22-,24+/m1/s1. The molecule has 4 N–H and O–H groups in total. The number of hydrogen-bond donors (Lipinski definition) is 4. The zero-order valence-corrected chi connectivity index (χ0v) is 19.7. The second-order valence-corrected chi connectivity index (χ2v) is 9.13. The topological polar surface area (TPSA) is 136 Å². The Morgan fingerprint density at radius 1 is 1.12 bits per heavy atom. The fourth-order valence-electron chi connectivity index (χ4n) is 4.33. The van der Waals surface area contributed by atoms with Crippen molar-refractivity contribution < 1.29 is 39.4 Å². The summed E-state index contributed by atoms with van der Waals surface area (Å²) in [6.07, 6.45) is -5.46. The van der Waals surface area contributed by atoms with E-state index in [4.69, 9.17) is 18.9 Å². The van der Waals surface area contributed by atoms with Crippen LogP contribution in [0.2, 0.25) is 0 Å². The Labute approximate surface area is 198 Å². The number of aliphatic hydroxyl groups excluding tert-OH is 4. The van der Waals surface area contributed by atoms with Crippen LogP contribution in [-0.4, -0.2) is 86.8 Å². The van der Waals surface area contributed by atoms with Gasteiger partial charge in [0.1, 0.15) is 30.2 Å². The van der Waals surface area contributed by atoms with Gasteiger partial charge in [0, 0.05) is 24.3 Å². The first-order valence-electron chi connectivity index (χ1n) is 11.7. The van der Waals surface area contributed by atoms with Crippen LogP contribution in [0.5, 0.6) is 11.6 Å². The van der Waals surface area contributed by atoms with Crippen LogP contribution in [0.1, 0.15) is 43.1 Å². The van der Waals surface area contributed by atoms with E-state index in [2.05, 4.69) is 5.10 Å². The van der Waals surface area contributed by atoms with Gasteiger partial charge in [-0.3, -0.25) is 4.68 Å². The number of ether oxygens (including phenoxy) is 4. The molecule has 10 nitrogen and oxygen atoms in total. The third-order valence-electron chi connectivity index (χ3n) is 6.24. The van der Waals surface area contributed by atoms with Crippen molar-refractivity contribution in [3.8, 4) is 11.6 Å². The lowest BCUT2D eigenvalue weighted by Crippen LogP contribution is -2.60. The summed E-state index contributed by atoms with van der Waals surface area (Å²) in [5.74, 6) is 1.04. The highest BCUT2D eigenvalue weighted by Gasteiger charge is 2.45. The molecule has 0 amide bonds. The third kappa shape index (κ3) is 5.22. The number of aromatic nitrogens is 2. The largest absolute Gasteiger partial charge is 0.491 e. The molecule has 2 aliphatic heterocycles. The first-order valence-corrected chi connectivity index (χ1v) is 11.7. The molecule has 4 rings (SSSR count). The highest BCUT2D eigenvalue weighted by atomic mass is 16.7. The number of aliphatic hydroxyl groups is 4. The van der Waals surface area contributed by atoms with Gasteiger partial charge in [0.2, 0.25) is 12.2 Å². The molecule has 0 radical (unpaired) electrons. The van der Waals surface area contributed by atoms with Gasteiger partial charge in [-0.25, -0.2) is 0 Å². The molecule has 0 spiro atoms. The Hall–Kier alpha value is -2.21. The van der Waals surface area contributed by atoms with E-state index in [0.717, 1.165) is 29.0 Å². The molecule has 2 fully saturated rings. The molecule has 10 heteroatoms. The van der Waals surface area contributed by atoms with E-state index >= 15 is 0 Å². The third-order valence-corrected chi connectivity index (χ3v) is 6.24. The molecule has 1 unspecified atom stereocenters. The minimum atomic E-state index is -1.53.